The molecule has 13 heteroatoms. The molecule has 1 atom stereocenters. The normalized spacial score (nSPS) is 11.7. The molecule has 0 saturated carbocycles. The van der Waals surface area contributed by atoms with Gasteiger partial charge in [-0.2, -0.15) is 0 Å². The van der Waals surface area contributed by atoms with Crippen molar-refractivity contribution in [3.63, 3.8) is 0 Å². The zero-order chi connectivity index (χ0) is 31.7. The van der Waals surface area contributed by atoms with Crippen LogP contribution < -0.4 is 28.6 Å². The minimum absolute atomic E-state index is 0.00522. The minimum atomic E-state index is -4.44. The Balaban J connectivity index is 2.15. The highest BCUT2D eigenvalue weighted by atomic mass is 35.5. The summed E-state index contributed by atoms with van der Waals surface area (Å²) in [5, 5.41) is 2.95. The number of carbonyl (C=O) groups is 2. The van der Waals surface area contributed by atoms with Crippen molar-refractivity contribution in [1.82, 2.24) is 10.2 Å². The van der Waals surface area contributed by atoms with E-state index in [0.29, 0.717) is 23.6 Å². The maximum Gasteiger partial charge on any atom is 0.265 e. The van der Waals surface area contributed by atoms with Crippen molar-refractivity contribution < 1.29 is 37.0 Å². The first kappa shape index (κ1) is 33.3. The Hall–Kier alpha value is -4.16. The summed E-state index contributed by atoms with van der Waals surface area (Å²) in [6, 6.07) is 14.6. The number of nitrogens with zero attached hydrogens (tertiary/aromatic N) is 2. The molecule has 3 aromatic carbocycles. The van der Waals surface area contributed by atoms with E-state index in [1.807, 2.05) is 0 Å². The Morgan fingerprint density at radius 1 is 0.884 bits per heavy atom. The Morgan fingerprint density at radius 2 is 1.56 bits per heavy atom. The SMILES string of the molecule is CCNC(=O)[C@H](C)N(Cc1cccc(OC)c1)C(=O)CN(c1cc(Cl)ccc1OC)S(=O)(=O)c1ccc(OC)c(OC)c1. The Bertz CT molecular complexity index is 1550. The largest absolute Gasteiger partial charge is 0.497 e. The molecular weight excluding hydrogens is 598 g/mol. The first-order chi connectivity index (χ1) is 20.5. The lowest BCUT2D eigenvalue weighted by Gasteiger charge is -2.32. The standard InChI is InChI=1S/C30H36ClN3O8S/c1-7-32-30(36)20(2)33(18-21-9-8-10-23(15-21)39-3)29(35)19-34(25-16-22(31)11-13-26(25)40-4)43(37,38)24-12-14-27(41-5)28(17-24)42-6/h8-17,20H,7,18-19H2,1-6H3,(H,32,36)/t20-/m0/s1. The number of methoxy groups -OCH3 is 4. The average molecular weight is 634 g/mol. The van der Waals surface area contributed by atoms with Gasteiger partial charge < -0.3 is 29.2 Å². The van der Waals surface area contributed by atoms with Crippen LogP contribution in [0.5, 0.6) is 23.0 Å². The fourth-order valence-corrected chi connectivity index (χ4v) is 5.95. The van der Waals surface area contributed by atoms with Crippen molar-refractivity contribution in [3.05, 3.63) is 71.2 Å². The van der Waals surface area contributed by atoms with E-state index in [2.05, 4.69) is 5.32 Å². The van der Waals surface area contributed by atoms with Gasteiger partial charge in [0.25, 0.3) is 10.0 Å². The molecule has 43 heavy (non-hydrogen) atoms. The number of carbonyl (C=O) groups excluding carboxylic acids is 2. The minimum Gasteiger partial charge on any atom is -0.497 e. The number of rotatable bonds is 14. The van der Waals surface area contributed by atoms with Crippen molar-refractivity contribution in [1.29, 1.82) is 0 Å². The predicted octanol–water partition coefficient (Wildman–Crippen LogP) is 4.12. The molecule has 232 valence electrons. The number of sulfonamides is 1. The number of hydrogen-bond acceptors (Lipinski definition) is 8. The van der Waals surface area contributed by atoms with Crippen LogP contribution in [0.4, 0.5) is 5.69 Å². The van der Waals surface area contributed by atoms with Gasteiger partial charge in [-0.1, -0.05) is 23.7 Å². The molecule has 0 aliphatic carbocycles. The molecular formula is C30H36ClN3O8S. The number of hydrogen-bond donors (Lipinski definition) is 1. The molecule has 0 aliphatic heterocycles. The number of ether oxygens (including phenoxy) is 4. The van der Waals surface area contributed by atoms with Crippen LogP contribution in [0.2, 0.25) is 5.02 Å². The summed E-state index contributed by atoms with van der Waals surface area (Å²) in [6.07, 6.45) is 0. The van der Waals surface area contributed by atoms with Gasteiger partial charge >= 0.3 is 0 Å². The van der Waals surface area contributed by atoms with Crippen LogP contribution in [0.15, 0.2) is 65.6 Å². The Kier molecular flexibility index (Phi) is 11.5. The first-order valence-electron chi connectivity index (χ1n) is 13.3. The number of halogens is 1. The van der Waals surface area contributed by atoms with Crippen molar-refractivity contribution in [2.75, 3.05) is 45.8 Å². The van der Waals surface area contributed by atoms with E-state index in [9.17, 15) is 18.0 Å². The molecule has 3 rings (SSSR count). The van der Waals surface area contributed by atoms with Gasteiger partial charge in [0, 0.05) is 24.2 Å². The monoisotopic (exact) mass is 633 g/mol. The smallest absolute Gasteiger partial charge is 0.265 e. The number of likely N-dealkylation sites (N-methyl/N-ethyl adjacent to an activating group) is 1. The topological polar surface area (TPSA) is 124 Å². The highest BCUT2D eigenvalue weighted by molar-refractivity contribution is 7.92. The van der Waals surface area contributed by atoms with Gasteiger partial charge in [-0.05, 0) is 61.9 Å². The molecule has 0 radical (unpaired) electrons. The van der Waals surface area contributed by atoms with Crippen molar-refractivity contribution in [2.45, 2.75) is 31.3 Å². The predicted molar refractivity (Wildman–Crippen MR) is 164 cm³/mol. The van der Waals surface area contributed by atoms with Crippen LogP contribution in [0, 0.1) is 0 Å². The molecule has 0 saturated heterocycles. The van der Waals surface area contributed by atoms with Crippen LogP contribution >= 0.6 is 11.6 Å². The van der Waals surface area contributed by atoms with Crippen LogP contribution in [0.1, 0.15) is 19.4 Å². The van der Waals surface area contributed by atoms with Crippen molar-refractivity contribution in [2.24, 2.45) is 0 Å². The van der Waals surface area contributed by atoms with E-state index in [1.54, 1.807) is 44.2 Å². The Morgan fingerprint density at radius 3 is 2.19 bits per heavy atom. The second-order valence-corrected chi connectivity index (χ2v) is 11.6. The summed E-state index contributed by atoms with van der Waals surface area (Å²) < 4.78 is 50.8. The van der Waals surface area contributed by atoms with E-state index < -0.39 is 34.4 Å². The lowest BCUT2D eigenvalue weighted by atomic mass is 10.1. The van der Waals surface area contributed by atoms with E-state index in [1.165, 1.54) is 63.7 Å². The summed E-state index contributed by atoms with van der Waals surface area (Å²) in [5.74, 6) is 0.192. The molecule has 0 aromatic heterocycles. The maximum absolute atomic E-state index is 14.3. The number of amides is 2. The summed E-state index contributed by atoms with van der Waals surface area (Å²) in [4.78, 5) is 28.2. The van der Waals surface area contributed by atoms with Crippen LogP contribution in [-0.4, -0.2) is 72.7 Å². The molecule has 3 aromatic rings. The molecule has 0 bridgehead atoms. The molecule has 0 heterocycles. The summed E-state index contributed by atoms with van der Waals surface area (Å²) in [6.45, 7) is 3.02. The fraction of sp³-hybridized carbons (Fsp3) is 0.333. The molecule has 2 amide bonds. The number of nitrogens with one attached hydrogen (secondary N) is 1. The average Bonchev–Trinajstić information content (AvgIpc) is 3.01. The van der Waals surface area contributed by atoms with Gasteiger partial charge in [-0.15, -0.1) is 0 Å². The van der Waals surface area contributed by atoms with E-state index in [-0.39, 0.29) is 33.6 Å². The van der Waals surface area contributed by atoms with Crippen LogP contribution in [0.25, 0.3) is 0 Å². The fourth-order valence-electron chi connectivity index (χ4n) is 4.35. The molecule has 1 N–H and O–H groups in total. The summed E-state index contributed by atoms with van der Waals surface area (Å²) >= 11 is 6.29. The van der Waals surface area contributed by atoms with Gasteiger partial charge in [-0.3, -0.25) is 13.9 Å². The van der Waals surface area contributed by atoms with Crippen LogP contribution in [-0.2, 0) is 26.2 Å². The lowest BCUT2D eigenvalue weighted by Crippen LogP contribution is -2.51. The quantitative estimate of drug-likeness (QED) is 0.281. The highest BCUT2D eigenvalue weighted by Crippen LogP contribution is 2.37. The zero-order valence-electron chi connectivity index (χ0n) is 24.9. The van der Waals surface area contributed by atoms with Crippen LogP contribution in [0.3, 0.4) is 0 Å². The van der Waals surface area contributed by atoms with Crippen molar-refractivity contribution >= 4 is 39.1 Å². The van der Waals surface area contributed by atoms with Gasteiger partial charge in [0.1, 0.15) is 24.1 Å². The van der Waals surface area contributed by atoms with Gasteiger partial charge in [0.05, 0.1) is 39.0 Å². The maximum atomic E-state index is 14.3. The second-order valence-electron chi connectivity index (χ2n) is 9.29. The number of anilines is 1. The van der Waals surface area contributed by atoms with Gasteiger partial charge in [0.15, 0.2) is 11.5 Å². The highest BCUT2D eigenvalue weighted by Gasteiger charge is 2.34. The molecule has 11 nitrogen and oxygen atoms in total. The lowest BCUT2D eigenvalue weighted by molar-refractivity contribution is -0.139. The van der Waals surface area contributed by atoms with E-state index in [4.69, 9.17) is 30.5 Å². The second kappa shape index (κ2) is 14.8. The third kappa shape index (κ3) is 7.82. The van der Waals surface area contributed by atoms with Crippen molar-refractivity contribution in [3.8, 4) is 23.0 Å². The van der Waals surface area contributed by atoms with Gasteiger partial charge in [-0.25, -0.2) is 8.42 Å². The summed E-state index contributed by atoms with van der Waals surface area (Å²) in [7, 11) is 1.28. The summed E-state index contributed by atoms with van der Waals surface area (Å²) in [5.41, 5.74) is 0.712. The zero-order valence-corrected chi connectivity index (χ0v) is 26.5. The van der Waals surface area contributed by atoms with E-state index >= 15 is 0 Å². The molecule has 0 unspecified atom stereocenters. The Labute approximate surface area is 257 Å². The third-order valence-corrected chi connectivity index (χ3v) is 8.63. The number of benzene rings is 3. The molecule has 0 spiro atoms. The first-order valence-corrected chi connectivity index (χ1v) is 15.1. The third-order valence-electron chi connectivity index (χ3n) is 6.64. The molecule has 0 fully saturated rings. The molecule has 0 aliphatic rings. The van der Waals surface area contributed by atoms with Gasteiger partial charge in [0.2, 0.25) is 11.8 Å². The van der Waals surface area contributed by atoms with E-state index in [0.717, 1.165) is 4.31 Å².